The Balaban J connectivity index is 2.03. The van der Waals surface area contributed by atoms with E-state index in [1.54, 1.807) is 13.2 Å². The van der Waals surface area contributed by atoms with Crippen LogP contribution in [0, 0.1) is 6.92 Å². The average Bonchev–Trinajstić information content (AvgIpc) is 2.76. The van der Waals surface area contributed by atoms with Crippen molar-refractivity contribution in [3.63, 3.8) is 0 Å². The van der Waals surface area contributed by atoms with Gasteiger partial charge < -0.3 is 9.30 Å². The lowest BCUT2D eigenvalue weighted by Gasteiger charge is -2.08. The van der Waals surface area contributed by atoms with E-state index in [1.165, 1.54) is 5.56 Å². The lowest BCUT2D eigenvalue weighted by Crippen LogP contribution is -2.02. The second kappa shape index (κ2) is 5.58. The van der Waals surface area contributed by atoms with Crippen LogP contribution in [0.2, 0.25) is 10.0 Å². The maximum absolute atomic E-state index is 6.12. The number of hydrogen-bond donors (Lipinski definition) is 0. The lowest BCUT2D eigenvalue weighted by atomic mass is 10.2. The molecule has 0 aliphatic heterocycles. The Kier molecular flexibility index (Phi) is 3.79. The van der Waals surface area contributed by atoms with Crippen LogP contribution >= 0.6 is 23.2 Å². The summed E-state index contributed by atoms with van der Waals surface area (Å²) in [6.07, 6.45) is 0. The zero-order valence-electron chi connectivity index (χ0n) is 11.7. The van der Waals surface area contributed by atoms with Gasteiger partial charge in [-0.25, -0.2) is 4.98 Å². The highest BCUT2D eigenvalue weighted by molar-refractivity contribution is 6.42. The predicted molar refractivity (Wildman–Crippen MR) is 86.6 cm³/mol. The molecule has 3 rings (SSSR count). The predicted octanol–water partition coefficient (Wildman–Crippen LogP) is 4.71. The number of methoxy groups -OCH3 is 1. The molecule has 1 aromatic heterocycles. The fourth-order valence-corrected chi connectivity index (χ4v) is 2.67. The largest absolute Gasteiger partial charge is 0.497 e. The first-order valence-corrected chi connectivity index (χ1v) is 7.29. The van der Waals surface area contributed by atoms with Crippen LogP contribution in [0.15, 0.2) is 36.4 Å². The molecular formula is C16H14Cl2N2O. The van der Waals surface area contributed by atoms with Gasteiger partial charge in [-0.2, -0.15) is 0 Å². The Morgan fingerprint density at radius 2 is 1.76 bits per heavy atom. The van der Waals surface area contributed by atoms with Crippen molar-refractivity contribution in [1.29, 1.82) is 0 Å². The summed E-state index contributed by atoms with van der Waals surface area (Å²) in [5, 5.41) is 1.07. The molecule has 0 saturated carbocycles. The average molecular weight is 321 g/mol. The van der Waals surface area contributed by atoms with Gasteiger partial charge in [-0.1, -0.05) is 35.3 Å². The maximum Gasteiger partial charge on any atom is 0.118 e. The van der Waals surface area contributed by atoms with Gasteiger partial charge in [0.1, 0.15) is 11.6 Å². The molecule has 1 heterocycles. The van der Waals surface area contributed by atoms with Crippen molar-refractivity contribution in [2.45, 2.75) is 13.5 Å². The molecule has 2 aromatic carbocycles. The van der Waals surface area contributed by atoms with Gasteiger partial charge in [-0.15, -0.1) is 0 Å². The first-order valence-electron chi connectivity index (χ1n) is 6.53. The third kappa shape index (κ3) is 2.71. The van der Waals surface area contributed by atoms with Gasteiger partial charge in [0.05, 0.1) is 28.2 Å². The molecule has 0 N–H and O–H groups in total. The van der Waals surface area contributed by atoms with Crippen LogP contribution in [-0.2, 0) is 6.54 Å². The number of aromatic nitrogens is 2. The minimum Gasteiger partial charge on any atom is -0.497 e. The number of fused-ring (bicyclic) bond motifs is 1. The molecule has 0 spiro atoms. The molecule has 0 aliphatic carbocycles. The van der Waals surface area contributed by atoms with Crippen molar-refractivity contribution in [1.82, 2.24) is 9.55 Å². The number of imidazole rings is 1. The highest BCUT2D eigenvalue weighted by Crippen LogP contribution is 2.28. The van der Waals surface area contributed by atoms with Crippen LogP contribution in [0.4, 0.5) is 0 Å². The van der Waals surface area contributed by atoms with E-state index in [1.807, 2.05) is 37.3 Å². The fraction of sp³-hybridized carbons (Fsp3) is 0.188. The van der Waals surface area contributed by atoms with Gasteiger partial charge in [0.2, 0.25) is 0 Å². The highest BCUT2D eigenvalue weighted by Gasteiger charge is 2.11. The summed E-state index contributed by atoms with van der Waals surface area (Å²) in [4.78, 5) is 4.54. The third-order valence-electron chi connectivity index (χ3n) is 3.48. The Morgan fingerprint density at radius 1 is 1.10 bits per heavy atom. The van der Waals surface area contributed by atoms with Crippen molar-refractivity contribution >= 4 is 34.2 Å². The summed E-state index contributed by atoms with van der Waals surface area (Å²) >= 11 is 12.2. The Bertz CT molecular complexity index is 794. The van der Waals surface area contributed by atoms with E-state index in [4.69, 9.17) is 27.9 Å². The smallest absolute Gasteiger partial charge is 0.118 e. The minimum atomic E-state index is 0.526. The highest BCUT2D eigenvalue weighted by atomic mass is 35.5. The molecule has 3 nitrogen and oxygen atoms in total. The first-order chi connectivity index (χ1) is 10.1. The van der Waals surface area contributed by atoms with E-state index >= 15 is 0 Å². The van der Waals surface area contributed by atoms with E-state index in [-0.39, 0.29) is 0 Å². The van der Waals surface area contributed by atoms with Crippen molar-refractivity contribution < 1.29 is 4.74 Å². The summed E-state index contributed by atoms with van der Waals surface area (Å²) in [5.74, 6) is 1.78. The zero-order chi connectivity index (χ0) is 15.0. The van der Waals surface area contributed by atoms with Gasteiger partial charge in [0, 0.05) is 6.54 Å². The minimum absolute atomic E-state index is 0.526. The summed E-state index contributed by atoms with van der Waals surface area (Å²) < 4.78 is 7.30. The van der Waals surface area contributed by atoms with E-state index in [0.717, 1.165) is 29.2 Å². The van der Waals surface area contributed by atoms with Crippen LogP contribution in [-0.4, -0.2) is 16.7 Å². The van der Waals surface area contributed by atoms with Crippen molar-refractivity contribution in [3.8, 4) is 5.75 Å². The van der Waals surface area contributed by atoms with Gasteiger partial charge in [0.25, 0.3) is 0 Å². The van der Waals surface area contributed by atoms with E-state index in [0.29, 0.717) is 10.0 Å². The van der Waals surface area contributed by atoms with Crippen LogP contribution in [0.3, 0.4) is 0 Å². The molecule has 108 valence electrons. The molecule has 0 amide bonds. The van der Waals surface area contributed by atoms with Gasteiger partial charge in [-0.05, 0) is 36.8 Å². The number of aryl methyl sites for hydroxylation is 1. The SMILES string of the molecule is COc1ccc(Cn2c(C)nc3cc(Cl)c(Cl)cc32)cc1. The molecule has 0 unspecified atom stereocenters. The number of hydrogen-bond acceptors (Lipinski definition) is 2. The molecule has 21 heavy (non-hydrogen) atoms. The summed E-state index contributed by atoms with van der Waals surface area (Å²) in [6.45, 7) is 2.70. The number of ether oxygens (including phenoxy) is 1. The van der Waals surface area contributed by atoms with E-state index in [2.05, 4.69) is 9.55 Å². The summed E-state index contributed by atoms with van der Waals surface area (Å²) in [6, 6.07) is 11.7. The number of nitrogens with zero attached hydrogens (tertiary/aromatic N) is 2. The Hall–Kier alpha value is -1.71. The van der Waals surface area contributed by atoms with Crippen LogP contribution < -0.4 is 4.74 Å². The van der Waals surface area contributed by atoms with Crippen molar-refractivity contribution in [2.24, 2.45) is 0 Å². The standard InChI is InChI=1S/C16H14Cl2N2O/c1-10-19-15-7-13(17)14(18)8-16(15)20(10)9-11-3-5-12(21-2)6-4-11/h3-8H,9H2,1-2H3. The second-order valence-electron chi connectivity index (χ2n) is 4.85. The molecular weight excluding hydrogens is 307 g/mol. The Labute approximate surface area is 133 Å². The van der Waals surface area contributed by atoms with Crippen LogP contribution in [0.25, 0.3) is 11.0 Å². The summed E-state index contributed by atoms with van der Waals surface area (Å²) in [7, 11) is 1.66. The first kappa shape index (κ1) is 14.2. The molecule has 0 aliphatic rings. The third-order valence-corrected chi connectivity index (χ3v) is 4.20. The normalized spacial score (nSPS) is 11.0. The topological polar surface area (TPSA) is 27.1 Å². The van der Waals surface area contributed by atoms with Gasteiger partial charge in [0.15, 0.2) is 0 Å². The quantitative estimate of drug-likeness (QED) is 0.698. The van der Waals surface area contributed by atoms with E-state index < -0.39 is 0 Å². The lowest BCUT2D eigenvalue weighted by molar-refractivity contribution is 0.414. The number of halogens is 2. The maximum atomic E-state index is 6.12. The molecule has 0 bridgehead atoms. The molecule has 3 aromatic rings. The number of benzene rings is 2. The van der Waals surface area contributed by atoms with Crippen LogP contribution in [0.1, 0.15) is 11.4 Å². The zero-order valence-corrected chi connectivity index (χ0v) is 13.2. The van der Waals surface area contributed by atoms with Crippen LogP contribution in [0.5, 0.6) is 5.75 Å². The molecule has 0 radical (unpaired) electrons. The molecule has 0 atom stereocenters. The van der Waals surface area contributed by atoms with Gasteiger partial charge >= 0.3 is 0 Å². The van der Waals surface area contributed by atoms with Crippen molar-refractivity contribution in [3.05, 3.63) is 57.8 Å². The molecule has 5 heteroatoms. The second-order valence-corrected chi connectivity index (χ2v) is 5.66. The van der Waals surface area contributed by atoms with Crippen molar-refractivity contribution in [2.75, 3.05) is 7.11 Å². The van der Waals surface area contributed by atoms with E-state index in [9.17, 15) is 0 Å². The summed E-state index contributed by atoms with van der Waals surface area (Å²) in [5.41, 5.74) is 3.01. The van der Waals surface area contributed by atoms with Gasteiger partial charge in [-0.3, -0.25) is 0 Å². The fourth-order valence-electron chi connectivity index (χ4n) is 2.35. The Morgan fingerprint density at radius 3 is 2.43 bits per heavy atom. The monoisotopic (exact) mass is 320 g/mol. The number of rotatable bonds is 3. The molecule has 0 fully saturated rings. The molecule has 0 saturated heterocycles.